The summed E-state index contributed by atoms with van der Waals surface area (Å²) in [6.45, 7) is 14.0. The first-order valence-corrected chi connectivity index (χ1v) is 33.5. The van der Waals surface area contributed by atoms with Crippen LogP contribution in [0.25, 0.3) is 0 Å². The van der Waals surface area contributed by atoms with Crippen LogP contribution in [-0.2, 0) is 14.2 Å². The van der Waals surface area contributed by atoms with Gasteiger partial charge in [0.15, 0.2) is 0 Å². The molecule has 0 fully saturated rings. The maximum atomic E-state index is 14.2. The molecule has 27 heteroatoms. The number of esters is 3. The van der Waals surface area contributed by atoms with Gasteiger partial charge in [-0.05, 0) is 135 Å². The molecule has 0 spiro atoms. The van der Waals surface area contributed by atoms with Crippen LogP contribution in [0, 0.1) is 136 Å². The maximum absolute atomic E-state index is 14.2. The number of ether oxygens (including phenoxy) is 3. The second-order valence-corrected chi connectivity index (χ2v) is 22.8. The van der Waals surface area contributed by atoms with E-state index in [0.717, 1.165) is 0 Å². The molecule has 96 heavy (non-hydrogen) atoms. The minimum Gasteiger partial charge on any atom is -0.461 e. The number of nitrogens with zero attached hydrogens (tertiary/aromatic N) is 21. The van der Waals surface area contributed by atoms with Crippen molar-refractivity contribution < 1.29 is 28.6 Å². The fourth-order valence-electron chi connectivity index (χ4n) is 10.7. The summed E-state index contributed by atoms with van der Waals surface area (Å²) < 4.78 is 17.7. The third kappa shape index (κ3) is 43.9. The van der Waals surface area contributed by atoms with Gasteiger partial charge in [0, 0.05) is 175 Å². The van der Waals surface area contributed by atoms with Crippen LogP contribution in [0.15, 0.2) is 18.2 Å². The van der Waals surface area contributed by atoms with Crippen molar-refractivity contribution in [3.8, 4) is 72.8 Å². The average molecular weight is 1320 g/mol. The van der Waals surface area contributed by atoms with E-state index >= 15 is 0 Å². The molecule has 0 unspecified atom stereocenters. The molecule has 1 rings (SSSR count). The molecule has 27 nitrogen and oxygen atoms in total. The van der Waals surface area contributed by atoms with Gasteiger partial charge in [0.1, 0.15) is 19.8 Å². The third-order valence-electron chi connectivity index (χ3n) is 15.7. The summed E-state index contributed by atoms with van der Waals surface area (Å²) in [5, 5.41) is 111. The summed E-state index contributed by atoms with van der Waals surface area (Å²) in [5.74, 6) is -2.45. The van der Waals surface area contributed by atoms with Gasteiger partial charge < -0.3 is 43.6 Å². The zero-order valence-electron chi connectivity index (χ0n) is 56.5. The molecule has 0 N–H and O–H groups in total. The van der Waals surface area contributed by atoms with Gasteiger partial charge in [-0.15, -0.1) is 0 Å². The van der Waals surface area contributed by atoms with Crippen molar-refractivity contribution in [2.45, 2.75) is 116 Å². The minimum absolute atomic E-state index is 0.0796. The molecule has 0 saturated heterocycles. The molecule has 0 amide bonds. The van der Waals surface area contributed by atoms with Crippen molar-refractivity contribution in [2.24, 2.45) is 0 Å². The lowest BCUT2D eigenvalue weighted by Gasteiger charge is -2.26. The van der Waals surface area contributed by atoms with Crippen LogP contribution in [0.2, 0.25) is 0 Å². The highest BCUT2D eigenvalue weighted by Gasteiger charge is 2.22. The van der Waals surface area contributed by atoms with Gasteiger partial charge in [0.2, 0.25) is 0 Å². The van der Waals surface area contributed by atoms with Gasteiger partial charge in [-0.2, -0.15) is 63.1 Å². The highest BCUT2D eigenvalue weighted by atomic mass is 16.5. The molecule has 0 heterocycles. The average Bonchev–Trinajstić information content (AvgIpc) is 0.855. The van der Waals surface area contributed by atoms with Crippen molar-refractivity contribution in [2.75, 3.05) is 197 Å². The summed E-state index contributed by atoms with van der Waals surface area (Å²) in [6, 6.07) is 30.0. The van der Waals surface area contributed by atoms with Crippen LogP contribution >= 0.6 is 0 Å². The molecule has 1 aromatic rings. The van der Waals surface area contributed by atoms with E-state index in [-0.39, 0.29) is 36.5 Å². The topological polar surface area (TPSA) is 394 Å². The Balaban J connectivity index is 3.70. The second-order valence-electron chi connectivity index (χ2n) is 22.8. The first kappa shape index (κ1) is 85.2. The predicted molar refractivity (Wildman–Crippen MR) is 356 cm³/mol. The highest BCUT2D eigenvalue weighted by Crippen LogP contribution is 2.16. The van der Waals surface area contributed by atoms with Crippen molar-refractivity contribution in [3.63, 3.8) is 0 Å². The zero-order chi connectivity index (χ0) is 70.3. The van der Waals surface area contributed by atoms with E-state index < -0.39 is 17.9 Å². The SMILES string of the molecule is N#CCCN(CCC#N)CCCN(CCCN(CCC#N)CCC#N)CCOC(=O)c1cc(C(=O)OCCN(CCCN(CCC#N)CCC#N)CCCN(CCC#N)CCC#N)cc(C(=O)OCCN(CCCN(CCC#N)CCC#N)CCCN(CCC#N)CCC#N)c1. The summed E-state index contributed by atoms with van der Waals surface area (Å²) in [4.78, 5) is 61.5. The summed E-state index contributed by atoms with van der Waals surface area (Å²) in [6.07, 6.45) is 7.80. The molecule has 0 atom stereocenters. The fraction of sp³-hybridized carbons (Fsp3) is 0.696. The Morgan fingerprint density at radius 3 is 0.469 bits per heavy atom. The number of nitriles is 12. The molecular formula is C69H99N21O6. The molecule has 0 aromatic heterocycles. The molecular weight excluding hydrogens is 1220 g/mol. The molecule has 0 radical (unpaired) electrons. The van der Waals surface area contributed by atoms with E-state index in [9.17, 15) is 77.5 Å². The van der Waals surface area contributed by atoms with Crippen LogP contribution in [0.1, 0.15) is 147 Å². The predicted octanol–water partition coefficient (Wildman–Crippen LogP) is 6.18. The van der Waals surface area contributed by atoms with Gasteiger partial charge in [-0.25, -0.2) is 14.4 Å². The molecule has 0 aliphatic heterocycles. The van der Waals surface area contributed by atoms with E-state index in [2.05, 4.69) is 117 Å². The maximum Gasteiger partial charge on any atom is 0.338 e. The smallest absolute Gasteiger partial charge is 0.338 e. The van der Waals surface area contributed by atoms with Crippen LogP contribution in [-0.4, -0.2) is 259 Å². The van der Waals surface area contributed by atoms with E-state index in [1.54, 1.807) is 0 Å². The van der Waals surface area contributed by atoms with Gasteiger partial charge >= 0.3 is 17.9 Å². The Kier molecular flexibility index (Phi) is 53.1. The summed E-state index contributed by atoms with van der Waals surface area (Å²) >= 11 is 0. The van der Waals surface area contributed by atoms with Crippen LogP contribution in [0.4, 0.5) is 0 Å². The monoisotopic (exact) mass is 1320 g/mol. The Bertz CT molecular complexity index is 2320. The van der Waals surface area contributed by atoms with Gasteiger partial charge in [-0.3, -0.25) is 14.7 Å². The Morgan fingerprint density at radius 2 is 0.344 bits per heavy atom. The van der Waals surface area contributed by atoms with Crippen LogP contribution in [0.5, 0.6) is 0 Å². The largest absolute Gasteiger partial charge is 0.461 e. The number of carbonyl (C=O) groups excluding carboxylic acids is 3. The van der Waals surface area contributed by atoms with Crippen LogP contribution < -0.4 is 0 Å². The highest BCUT2D eigenvalue weighted by molar-refractivity contribution is 6.00. The second kappa shape index (κ2) is 59.9. The first-order valence-electron chi connectivity index (χ1n) is 33.5. The molecule has 0 saturated carbocycles. The van der Waals surface area contributed by atoms with Gasteiger partial charge in [-0.1, -0.05) is 0 Å². The van der Waals surface area contributed by atoms with Crippen molar-refractivity contribution in [1.29, 1.82) is 63.1 Å². The molecule has 1 aromatic carbocycles. The van der Waals surface area contributed by atoms with E-state index in [1.165, 1.54) is 18.2 Å². The minimum atomic E-state index is -0.816. The number of rotatable bonds is 60. The lowest BCUT2D eigenvalue weighted by molar-refractivity contribution is 0.0453. The normalized spacial score (nSPS) is 10.8. The number of hydrogen-bond donors (Lipinski definition) is 0. The molecule has 0 aliphatic rings. The molecule has 0 bridgehead atoms. The van der Waals surface area contributed by atoms with Crippen molar-refractivity contribution in [3.05, 3.63) is 34.9 Å². The Hall–Kier alpha value is -8.85. The fourth-order valence-corrected chi connectivity index (χ4v) is 10.7. The first-order chi connectivity index (χ1) is 46.9. The van der Waals surface area contributed by atoms with Crippen molar-refractivity contribution >= 4 is 17.9 Å². The Labute approximate surface area is 571 Å². The number of carbonyl (C=O) groups is 3. The van der Waals surface area contributed by atoms with Gasteiger partial charge in [0.05, 0.1) is 89.5 Å². The van der Waals surface area contributed by atoms with Gasteiger partial charge in [0.25, 0.3) is 0 Å². The van der Waals surface area contributed by atoms with E-state index in [1.807, 2.05) is 0 Å². The zero-order valence-corrected chi connectivity index (χ0v) is 56.5. The van der Waals surface area contributed by atoms with E-state index in [4.69, 9.17) is 14.2 Å². The lowest BCUT2D eigenvalue weighted by Crippen LogP contribution is -2.36. The van der Waals surface area contributed by atoms with E-state index in [0.29, 0.717) is 292 Å². The number of hydrogen-bond acceptors (Lipinski definition) is 27. The quantitative estimate of drug-likeness (QED) is 0.0519. The number of benzene rings is 1. The third-order valence-corrected chi connectivity index (χ3v) is 15.7. The Morgan fingerprint density at radius 1 is 0.219 bits per heavy atom. The molecule has 0 aliphatic carbocycles. The molecule has 516 valence electrons. The summed E-state index contributed by atoms with van der Waals surface area (Å²) in [5.41, 5.74) is -0.314. The van der Waals surface area contributed by atoms with Crippen molar-refractivity contribution in [1.82, 2.24) is 44.1 Å². The lowest BCUT2D eigenvalue weighted by atomic mass is 10.1. The summed E-state index contributed by atoms with van der Waals surface area (Å²) in [7, 11) is 0. The van der Waals surface area contributed by atoms with Crippen LogP contribution in [0.3, 0.4) is 0 Å². The standard InChI is InChI=1S/C69H99N21O6/c70-19-1-31-82(32-2-20-71)43-13-49-88(50-14-44-83(33-3-21-72)34-4-22-73)55-58-94-67(91)64-61-65(68(92)95-59-56-89(51-15-45-84(35-5-23-74)36-6-24-75)52-16-46-85(37-7-25-76)38-8-26-77)63-66(62-64)69(93)96-60-57-90(53-17-47-86(39-9-27-78)40-10-28-79)54-18-48-87(41-11-29-80)42-12-30-81/h61-63H,1-18,31-60H2.